The van der Waals surface area contributed by atoms with E-state index in [4.69, 9.17) is 18.6 Å². The van der Waals surface area contributed by atoms with Crippen LogP contribution in [0.2, 0.25) is 18.1 Å². The minimum atomic E-state index is -2.13. The van der Waals surface area contributed by atoms with E-state index in [1.165, 1.54) is 0 Å². The Morgan fingerprint density at radius 2 is 1.66 bits per heavy atom. The van der Waals surface area contributed by atoms with Crippen LogP contribution in [0.4, 0.5) is 10.5 Å². The van der Waals surface area contributed by atoms with Crippen molar-refractivity contribution in [2.45, 2.75) is 71.7 Å². The van der Waals surface area contributed by atoms with Crippen LogP contribution in [0.25, 0.3) is 11.1 Å². The van der Waals surface area contributed by atoms with Gasteiger partial charge in [0.1, 0.15) is 11.4 Å². The van der Waals surface area contributed by atoms with E-state index < -0.39 is 20.0 Å². The SMILES string of the molecule is CC(C)(C)OC(=O)N1CCc2cc(O[Si](C)(C)C(C)(C)C)cc(-c3cc4c(cc3C=O)OCO4)c21. The van der Waals surface area contributed by atoms with Gasteiger partial charge in [0, 0.05) is 17.7 Å². The summed E-state index contributed by atoms with van der Waals surface area (Å²) in [7, 11) is -2.13. The van der Waals surface area contributed by atoms with Gasteiger partial charge in [-0.3, -0.25) is 9.69 Å². The van der Waals surface area contributed by atoms with Crippen molar-refractivity contribution in [3.8, 4) is 28.4 Å². The summed E-state index contributed by atoms with van der Waals surface area (Å²) >= 11 is 0. The smallest absolute Gasteiger partial charge is 0.414 e. The van der Waals surface area contributed by atoms with Crippen LogP contribution < -0.4 is 18.8 Å². The van der Waals surface area contributed by atoms with Gasteiger partial charge >= 0.3 is 6.09 Å². The summed E-state index contributed by atoms with van der Waals surface area (Å²) in [5.41, 5.74) is 2.95. The third kappa shape index (κ3) is 4.89. The average Bonchev–Trinajstić information content (AvgIpc) is 3.36. The first-order valence-electron chi connectivity index (χ1n) is 12.0. The Morgan fingerprint density at radius 3 is 2.26 bits per heavy atom. The molecule has 0 aromatic heterocycles. The largest absolute Gasteiger partial charge is 0.543 e. The van der Waals surface area contributed by atoms with Crippen LogP contribution in [-0.2, 0) is 11.2 Å². The van der Waals surface area contributed by atoms with Crippen molar-refractivity contribution in [1.82, 2.24) is 0 Å². The number of fused-ring (bicyclic) bond motifs is 2. The minimum absolute atomic E-state index is 0.0153. The first-order valence-corrected chi connectivity index (χ1v) is 14.9. The van der Waals surface area contributed by atoms with Gasteiger partial charge in [-0.05, 0) is 80.7 Å². The fourth-order valence-electron chi connectivity index (χ4n) is 4.02. The van der Waals surface area contributed by atoms with Gasteiger partial charge in [-0.1, -0.05) is 20.8 Å². The van der Waals surface area contributed by atoms with Gasteiger partial charge in [-0.2, -0.15) is 0 Å². The molecule has 0 atom stereocenters. The van der Waals surface area contributed by atoms with Crippen molar-refractivity contribution in [3.05, 3.63) is 35.4 Å². The number of nitrogens with zero attached hydrogens (tertiary/aromatic N) is 1. The van der Waals surface area contributed by atoms with Gasteiger partial charge in [0.25, 0.3) is 0 Å². The lowest BCUT2D eigenvalue weighted by atomic mass is 9.95. The molecule has 2 aliphatic heterocycles. The van der Waals surface area contributed by atoms with Crippen LogP contribution in [-0.4, -0.2) is 39.6 Å². The number of hydrogen-bond acceptors (Lipinski definition) is 6. The summed E-state index contributed by atoms with van der Waals surface area (Å²) in [6, 6.07) is 7.46. The van der Waals surface area contributed by atoms with E-state index in [9.17, 15) is 9.59 Å². The van der Waals surface area contributed by atoms with Crippen molar-refractivity contribution in [2.75, 3.05) is 18.2 Å². The Morgan fingerprint density at radius 1 is 1.00 bits per heavy atom. The van der Waals surface area contributed by atoms with E-state index in [0.717, 1.165) is 28.8 Å². The summed E-state index contributed by atoms with van der Waals surface area (Å²) in [5.74, 6) is 1.84. The highest BCUT2D eigenvalue weighted by molar-refractivity contribution is 6.74. The van der Waals surface area contributed by atoms with Gasteiger partial charge in [0.2, 0.25) is 15.1 Å². The Kier molecular flexibility index (Phi) is 6.16. The monoisotopic (exact) mass is 497 g/mol. The molecular formula is C27H35NO6Si. The predicted octanol–water partition coefficient (Wildman–Crippen LogP) is 6.58. The fourth-order valence-corrected chi connectivity index (χ4v) is 5.03. The number of rotatable bonds is 4. The number of aldehydes is 1. The number of hydrogen-bond donors (Lipinski definition) is 0. The van der Waals surface area contributed by atoms with Crippen molar-refractivity contribution in [2.24, 2.45) is 0 Å². The molecule has 0 saturated heterocycles. The molecule has 0 fully saturated rings. The first kappa shape index (κ1) is 25.1. The Hall–Kier alpha value is -3.00. The summed E-state index contributed by atoms with van der Waals surface area (Å²) in [4.78, 5) is 26.9. The number of amides is 1. The van der Waals surface area contributed by atoms with Crippen LogP contribution in [0.1, 0.15) is 57.5 Å². The highest BCUT2D eigenvalue weighted by Crippen LogP contribution is 2.47. The lowest BCUT2D eigenvalue weighted by molar-refractivity contribution is 0.0584. The van der Waals surface area contributed by atoms with E-state index in [1.54, 1.807) is 11.0 Å². The van der Waals surface area contributed by atoms with Gasteiger partial charge in [0.05, 0.1) is 5.69 Å². The molecule has 188 valence electrons. The molecule has 0 unspecified atom stereocenters. The predicted molar refractivity (Wildman–Crippen MR) is 138 cm³/mol. The van der Waals surface area contributed by atoms with Crippen molar-refractivity contribution in [3.63, 3.8) is 0 Å². The summed E-state index contributed by atoms with van der Waals surface area (Å²) in [5, 5.41) is 0.0153. The third-order valence-electron chi connectivity index (χ3n) is 6.79. The van der Waals surface area contributed by atoms with E-state index >= 15 is 0 Å². The number of carbonyl (C=O) groups is 2. The second kappa shape index (κ2) is 8.59. The second-order valence-electron chi connectivity index (χ2n) is 11.6. The molecular weight excluding hydrogens is 462 g/mol. The molecule has 1 amide bonds. The molecule has 2 aliphatic rings. The molecule has 0 saturated carbocycles. The van der Waals surface area contributed by atoms with E-state index in [0.29, 0.717) is 35.6 Å². The molecule has 2 aromatic rings. The summed E-state index contributed by atoms with van der Waals surface area (Å²) < 4.78 is 23.4. The average molecular weight is 498 g/mol. The van der Waals surface area contributed by atoms with Gasteiger partial charge in [-0.15, -0.1) is 0 Å². The third-order valence-corrected chi connectivity index (χ3v) is 11.2. The molecule has 0 aliphatic carbocycles. The maximum atomic E-state index is 13.2. The topological polar surface area (TPSA) is 74.3 Å². The zero-order valence-corrected chi connectivity index (χ0v) is 22.9. The van der Waals surface area contributed by atoms with Crippen LogP contribution in [0.3, 0.4) is 0 Å². The minimum Gasteiger partial charge on any atom is -0.543 e. The highest BCUT2D eigenvalue weighted by atomic mass is 28.4. The van der Waals surface area contributed by atoms with E-state index in [1.807, 2.05) is 39.0 Å². The number of carbonyl (C=O) groups excluding carboxylic acids is 2. The van der Waals surface area contributed by atoms with Gasteiger partial charge in [0.15, 0.2) is 17.8 Å². The van der Waals surface area contributed by atoms with Crippen molar-refractivity contribution < 1.29 is 28.2 Å². The molecule has 0 N–H and O–H groups in total. The van der Waals surface area contributed by atoms with E-state index in [-0.39, 0.29) is 11.8 Å². The van der Waals surface area contributed by atoms with Crippen LogP contribution in [0.5, 0.6) is 17.2 Å². The van der Waals surface area contributed by atoms with Crippen LogP contribution in [0.15, 0.2) is 24.3 Å². The number of ether oxygens (including phenoxy) is 3. The molecule has 4 rings (SSSR count). The van der Waals surface area contributed by atoms with Crippen LogP contribution in [0, 0.1) is 0 Å². The zero-order valence-electron chi connectivity index (χ0n) is 21.9. The summed E-state index contributed by atoms with van der Waals surface area (Å²) in [6.45, 7) is 17.1. The fraction of sp³-hybridized carbons (Fsp3) is 0.481. The molecule has 35 heavy (non-hydrogen) atoms. The zero-order chi connectivity index (χ0) is 25.8. The number of benzene rings is 2. The molecule has 0 bridgehead atoms. The number of anilines is 1. The second-order valence-corrected chi connectivity index (χ2v) is 16.4. The lowest BCUT2D eigenvalue weighted by Gasteiger charge is -2.36. The maximum Gasteiger partial charge on any atom is 0.414 e. The molecule has 8 heteroatoms. The normalized spacial score (nSPS) is 15.1. The van der Waals surface area contributed by atoms with Gasteiger partial charge in [-0.25, -0.2) is 4.79 Å². The lowest BCUT2D eigenvalue weighted by Crippen LogP contribution is -2.43. The molecule has 7 nitrogen and oxygen atoms in total. The first-order chi connectivity index (χ1) is 16.2. The van der Waals surface area contributed by atoms with Crippen molar-refractivity contribution in [1.29, 1.82) is 0 Å². The van der Waals surface area contributed by atoms with Crippen LogP contribution >= 0.6 is 0 Å². The van der Waals surface area contributed by atoms with Gasteiger partial charge < -0.3 is 18.6 Å². The van der Waals surface area contributed by atoms with E-state index in [2.05, 4.69) is 33.9 Å². The Balaban J connectivity index is 1.89. The Bertz CT molecular complexity index is 1180. The molecule has 0 radical (unpaired) electrons. The standard InChI is InChI=1S/C27H35NO6Si/c1-26(2,3)33-25(30)28-10-9-17-11-19(34-35(7,8)27(4,5)6)13-21(24(17)28)20-14-23-22(31-16-32-23)12-18(20)15-29/h11-15H,9-10,16H2,1-8H3. The quantitative estimate of drug-likeness (QED) is 0.351. The highest BCUT2D eigenvalue weighted by Gasteiger charge is 2.40. The maximum absolute atomic E-state index is 13.2. The molecule has 2 aromatic carbocycles. The van der Waals surface area contributed by atoms with Crippen molar-refractivity contribution >= 4 is 26.4 Å². The summed E-state index contributed by atoms with van der Waals surface area (Å²) in [6.07, 6.45) is 1.05. The molecule has 2 heterocycles. The Labute approximate surface area is 208 Å². The molecule has 0 spiro atoms.